The molecule has 1 aliphatic heterocycles. The fourth-order valence-electron chi connectivity index (χ4n) is 2.45. The highest BCUT2D eigenvalue weighted by Crippen LogP contribution is 2.26. The third kappa shape index (κ3) is 3.54. The molecule has 1 aromatic rings. The van der Waals surface area contributed by atoms with Gasteiger partial charge < -0.3 is 10.0 Å². The van der Waals surface area contributed by atoms with E-state index in [2.05, 4.69) is 0 Å². The molecule has 1 fully saturated rings. The first-order valence-electron chi connectivity index (χ1n) is 6.87. The Kier molecular flexibility index (Phi) is 5.06. The number of benzene rings is 1. The molecule has 4 nitrogen and oxygen atoms in total. The van der Waals surface area contributed by atoms with Crippen molar-refractivity contribution in [2.45, 2.75) is 37.1 Å². The average molecular weight is 293 g/mol. The smallest absolute Gasteiger partial charge is 0.335 e. The van der Waals surface area contributed by atoms with Crippen LogP contribution in [0.2, 0.25) is 0 Å². The van der Waals surface area contributed by atoms with Crippen molar-refractivity contribution in [3.8, 4) is 0 Å². The van der Waals surface area contributed by atoms with E-state index < -0.39 is 5.97 Å². The topological polar surface area (TPSA) is 57.6 Å². The molecule has 108 valence electrons. The zero-order valence-electron chi connectivity index (χ0n) is 11.5. The second kappa shape index (κ2) is 6.79. The largest absolute Gasteiger partial charge is 0.478 e. The van der Waals surface area contributed by atoms with Gasteiger partial charge >= 0.3 is 5.97 Å². The Balaban J connectivity index is 1.96. The standard InChI is InChI=1S/C15H19NO3S/c1-2-14(17)16-8-4-6-12(16)10-20-13-7-3-5-11(9-13)15(18)19/h3,5,7,9,12H,2,4,6,8,10H2,1H3,(H,18,19)/t12-/m0/s1. The van der Waals surface area contributed by atoms with Gasteiger partial charge in [0, 0.05) is 29.7 Å². The zero-order valence-corrected chi connectivity index (χ0v) is 12.4. The number of hydrogen-bond acceptors (Lipinski definition) is 3. The zero-order chi connectivity index (χ0) is 14.5. The number of rotatable bonds is 5. The molecule has 1 N–H and O–H groups in total. The number of carbonyl (C=O) groups is 2. The van der Waals surface area contributed by atoms with E-state index in [0.717, 1.165) is 30.0 Å². The number of amides is 1. The van der Waals surface area contributed by atoms with Crippen LogP contribution in [0.15, 0.2) is 29.2 Å². The number of aromatic carboxylic acids is 1. The van der Waals surface area contributed by atoms with E-state index in [9.17, 15) is 9.59 Å². The first kappa shape index (κ1) is 14.9. The summed E-state index contributed by atoms with van der Waals surface area (Å²) in [5.74, 6) is 0.137. The van der Waals surface area contributed by atoms with Crippen LogP contribution in [0.25, 0.3) is 0 Å². The molecule has 5 heteroatoms. The van der Waals surface area contributed by atoms with Crippen molar-refractivity contribution < 1.29 is 14.7 Å². The molecule has 0 radical (unpaired) electrons. The van der Waals surface area contributed by atoms with Gasteiger partial charge in [-0.2, -0.15) is 0 Å². The normalized spacial score (nSPS) is 18.2. The lowest BCUT2D eigenvalue weighted by atomic mass is 10.2. The van der Waals surface area contributed by atoms with Gasteiger partial charge in [-0.1, -0.05) is 13.0 Å². The van der Waals surface area contributed by atoms with Gasteiger partial charge in [-0.25, -0.2) is 4.79 Å². The molecule has 0 saturated carbocycles. The van der Waals surface area contributed by atoms with Crippen molar-refractivity contribution in [1.29, 1.82) is 0 Å². The molecule has 1 aliphatic rings. The highest BCUT2D eigenvalue weighted by Gasteiger charge is 2.27. The SMILES string of the molecule is CCC(=O)N1CCC[C@H]1CSc1cccc(C(=O)O)c1. The first-order valence-corrected chi connectivity index (χ1v) is 7.86. The molecule has 1 saturated heterocycles. The summed E-state index contributed by atoms with van der Waals surface area (Å²) >= 11 is 1.62. The Morgan fingerprint density at radius 2 is 2.25 bits per heavy atom. The van der Waals surface area contributed by atoms with E-state index in [1.54, 1.807) is 30.0 Å². The molecule has 0 bridgehead atoms. The van der Waals surface area contributed by atoms with Crippen LogP contribution in [0.3, 0.4) is 0 Å². The predicted octanol–water partition coefficient (Wildman–Crippen LogP) is 2.88. The molecule has 0 aliphatic carbocycles. The number of hydrogen-bond donors (Lipinski definition) is 1. The van der Waals surface area contributed by atoms with E-state index in [4.69, 9.17) is 5.11 Å². The van der Waals surface area contributed by atoms with Crippen LogP contribution < -0.4 is 0 Å². The van der Waals surface area contributed by atoms with E-state index in [1.807, 2.05) is 17.9 Å². The number of carboxylic acids is 1. The second-order valence-corrected chi connectivity index (χ2v) is 5.97. The lowest BCUT2D eigenvalue weighted by Gasteiger charge is -2.24. The van der Waals surface area contributed by atoms with Crippen LogP contribution in [-0.2, 0) is 4.79 Å². The lowest BCUT2D eigenvalue weighted by Crippen LogP contribution is -2.36. The maximum Gasteiger partial charge on any atom is 0.335 e. The van der Waals surface area contributed by atoms with Crippen molar-refractivity contribution in [3.05, 3.63) is 29.8 Å². The Labute approximate surface area is 123 Å². The number of carboxylic acid groups (broad SMARTS) is 1. The van der Waals surface area contributed by atoms with Crippen LogP contribution in [0, 0.1) is 0 Å². The molecule has 20 heavy (non-hydrogen) atoms. The van der Waals surface area contributed by atoms with Gasteiger partial charge in [0.1, 0.15) is 0 Å². The summed E-state index contributed by atoms with van der Waals surface area (Å²) in [6.07, 6.45) is 2.65. The molecule has 2 rings (SSSR count). The van der Waals surface area contributed by atoms with Crippen molar-refractivity contribution in [2.75, 3.05) is 12.3 Å². The number of nitrogens with zero attached hydrogens (tertiary/aromatic N) is 1. The molecule has 1 atom stereocenters. The molecular weight excluding hydrogens is 274 g/mol. The molecule has 1 amide bonds. The fourth-order valence-corrected chi connectivity index (χ4v) is 3.57. The summed E-state index contributed by atoms with van der Waals surface area (Å²) in [7, 11) is 0. The summed E-state index contributed by atoms with van der Waals surface area (Å²) in [6, 6.07) is 7.23. The van der Waals surface area contributed by atoms with Gasteiger partial charge in [-0.3, -0.25) is 4.79 Å². The van der Waals surface area contributed by atoms with Gasteiger partial charge in [0.2, 0.25) is 5.91 Å². The minimum absolute atomic E-state index is 0.215. The van der Waals surface area contributed by atoms with Crippen molar-refractivity contribution in [3.63, 3.8) is 0 Å². The minimum atomic E-state index is -0.906. The van der Waals surface area contributed by atoms with Gasteiger partial charge in [0.05, 0.1) is 5.56 Å². The monoisotopic (exact) mass is 293 g/mol. The maximum absolute atomic E-state index is 11.8. The molecular formula is C15H19NO3S. The Morgan fingerprint density at radius 1 is 1.45 bits per heavy atom. The van der Waals surface area contributed by atoms with Gasteiger partial charge in [0.15, 0.2) is 0 Å². The van der Waals surface area contributed by atoms with E-state index in [1.165, 1.54) is 0 Å². The molecule has 0 aromatic heterocycles. The second-order valence-electron chi connectivity index (χ2n) is 4.88. The maximum atomic E-state index is 11.8. The highest BCUT2D eigenvalue weighted by atomic mass is 32.2. The Hall–Kier alpha value is -1.49. The summed E-state index contributed by atoms with van der Waals surface area (Å²) in [5.41, 5.74) is 0.308. The molecule has 0 unspecified atom stereocenters. The third-order valence-electron chi connectivity index (χ3n) is 3.52. The van der Waals surface area contributed by atoms with E-state index in [-0.39, 0.29) is 11.9 Å². The minimum Gasteiger partial charge on any atom is -0.478 e. The van der Waals surface area contributed by atoms with Crippen LogP contribution in [0.5, 0.6) is 0 Å². The predicted molar refractivity (Wildman–Crippen MR) is 79.2 cm³/mol. The molecule has 1 heterocycles. The van der Waals surface area contributed by atoms with Gasteiger partial charge in [-0.05, 0) is 31.0 Å². The first-order chi connectivity index (χ1) is 9.61. The Morgan fingerprint density at radius 3 is 2.95 bits per heavy atom. The molecule has 0 spiro atoms. The van der Waals surface area contributed by atoms with Crippen LogP contribution in [0.4, 0.5) is 0 Å². The number of likely N-dealkylation sites (tertiary alicyclic amines) is 1. The summed E-state index contributed by atoms with van der Waals surface area (Å²) in [4.78, 5) is 25.7. The number of carbonyl (C=O) groups excluding carboxylic acids is 1. The quantitative estimate of drug-likeness (QED) is 0.848. The Bertz CT molecular complexity index is 504. The van der Waals surface area contributed by atoms with Crippen LogP contribution in [0.1, 0.15) is 36.5 Å². The fraction of sp³-hybridized carbons (Fsp3) is 0.467. The highest BCUT2D eigenvalue weighted by molar-refractivity contribution is 7.99. The van der Waals surface area contributed by atoms with Crippen molar-refractivity contribution >= 4 is 23.6 Å². The summed E-state index contributed by atoms with van der Waals surface area (Å²) in [6.45, 7) is 2.74. The van der Waals surface area contributed by atoms with Crippen LogP contribution in [-0.4, -0.2) is 40.2 Å². The van der Waals surface area contributed by atoms with Gasteiger partial charge in [0.25, 0.3) is 0 Å². The summed E-state index contributed by atoms with van der Waals surface area (Å²) < 4.78 is 0. The average Bonchev–Trinajstić information content (AvgIpc) is 2.93. The lowest BCUT2D eigenvalue weighted by molar-refractivity contribution is -0.131. The van der Waals surface area contributed by atoms with E-state index in [0.29, 0.717) is 12.0 Å². The van der Waals surface area contributed by atoms with E-state index >= 15 is 0 Å². The number of thioether (sulfide) groups is 1. The van der Waals surface area contributed by atoms with Gasteiger partial charge in [-0.15, -0.1) is 11.8 Å². The van der Waals surface area contributed by atoms with Crippen molar-refractivity contribution in [1.82, 2.24) is 4.90 Å². The van der Waals surface area contributed by atoms with Crippen LogP contribution >= 0.6 is 11.8 Å². The summed E-state index contributed by atoms with van der Waals surface area (Å²) in [5, 5.41) is 8.97. The van der Waals surface area contributed by atoms with Crippen molar-refractivity contribution in [2.24, 2.45) is 0 Å². The third-order valence-corrected chi connectivity index (χ3v) is 4.66. The molecule has 1 aromatic carbocycles.